The van der Waals surface area contributed by atoms with Crippen LogP contribution in [0.4, 0.5) is 20.7 Å². The van der Waals surface area contributed by atoms with Gasteiger partial charge in [-0.3, -0.25) is 0 Å². The van der Waals surface area contributed by atoms with Crippen molar-refractivity contribution in [3.05, 3.63) is 47.9 Å². The van der Waals surface area contributed by atoms with Crippen LogP contribution in [-0.4, -0.2) is 54.2 Å². The molecular formula is C33H49FN4O3Si. The standard InChI is InChI=1S/C33H49FN4O3Si/c1-21(2)42(22(3)4,23(5)6)38-20-27(24-15-17-37(18-16-24)32(39)41-33(7,8)9)26-12-14-30(36-31(26)38)35-25-11-13-29(40-10)28(34)19-25/h11-14,19-24H,15-18H2,1-10H3,(H,35,36). The number of hydrogen-bond donors (Lipinski definition) is 1. The molecule has 3 heterocycles. The fraction of sp³-hybridized carbons (Fsp3) is 0.576. The zero-order chi connectivity index (χ0) is 31.0. The Balaban J connectivity index is 1.76. The Morgan fingerprint density at radius 1 is 1.02 bits per heavy atom. The average molecular weight is 597 g/mol. The Morgan fingerprint density at radius 2 is 1.64 bits per heavy atom. The van der Waals surface area contributed by atoms with Crippen LogP contribution in [0.5, 0.6) is 5.75 Å². The highest BCUT2D eigenvalue weighted by atomic mass is 28.3. The van der Waals surface area contributed by atoms with Gasteiger partial charge in [0.15, 0.2) is 19.8 Å². The number of methoxy groups -OCH3 is 1. The Labute approximate surface area is 251 Å². The van der Waals surface area contributed by atoms with Gasteiger partial charge in [0, 0.05) is 36.4 Å². The van der Waals surface area contributed by atoms with E-state index in [2.05, 4.69) is 63.4 Å². The lowest BCUT2D eigenvalue weighted by Crippen LogP contribution is -2.51. The molecule has 1 fully saturated rings. The summed E-state index contributed by atoms with van der Waals surface area (Å²) in [5.74, 6) is 0.790. The number of anilines is 2. The molecule has 1 aromatic carbocycles. The maximum Gasteiger partial charge on any atom is 0.410 e. The number of pyridine rings is 1. The lowest BCUT2D eigenvalue weighted by atomic mass is 9.89. The molecule has 0 bridgehead atoms. The summed E-state index contributed by atoms with van der Waals surface area (Å²) in [6.45, 7) is 21.2. The number of piperidine rings is 1. The molecule has 0 saturated carbocycles. The molecule has 3 aromatic rings. The van der Waals surface area contributed by atoms with Gasteiger partial charge in [0.05, 0.1) is 7.11 Å². The van der Waals surface area contributed by atoms with Crippen LogP contribution in [0.2, 0.25) is 16.6 Å². The fourth-order valence-corrected chi connectivity index (χ4v) is 13.8. The molecule has 1 N–H and O–H groups in total. The SMILES string of the molecule is COc1ccc(Nc2ccc3c(C4CCN(C(=O)OC(C)(C)C)CC4)cn([Si](C(C)C)(C(C)C)C(C)C)c3n2)cc1F. The Bertz CT molecular complexity index is 1380. The van der Waals surface area contributed by atoms with Gasteiger partial charge in [0.2, 0.25) is 0 Å². The molecule has 1 aliphatic heterocycles. The summed E-state index contributed by atoms with van der Waals surface area (Å²) >= 11 is 0. The minimum Gasteiger partial charge on any atom is -0.494 e. The van der Waals surface area contributed by atoms with Crippen LogP contribution >= 0.6 is 0 Å². The summed E-state index contributed by atoms with van der Waals surface area (Å²) in [6.07, 6.45) is 3.92. The van der Waals surface area contributed by atoms with Gasteiger partial charge in [-0.25, -0.2) is 14.2 Å². The van der Waals surface area contributed by atoms with E-state index in [-0.39, 0.29) is 11.8 Å². The summed E-state index contributed by atoms with van der Waals surface area (Å²) in [5, 5.41) is 4.48. The molecule has 230 valence electrons. The number of likely N-dealkylation sites (tertiary alicyclic amines) is 1. The van der Waals surface area contributed by atoms with Crippen LogP contribution in [0.3, 0.4) is 0 Å². The first-order valence-corrected chi connectivity index (χ1v) is 17.5. The fourth-order valence-electron chi connectivity index (χ4n) is 7.24. The molecule has 0 atom stereocenters. The molecule has 1 saturated heterocycles. The third-order valence-corrected chi connectivity index (χ3v) is 15.6. The van der Waals surface area contributed by atoms with Gasteiger partial charge in [0.25, 0.3) is 0 Å². The van der Waals surface area contributed by atoms with E-state index in [0.29, 0.717) is 47.1 Å². The van der Waals surface area contributed by atoms with Crippen LogP contribution in [0.25, 0.3) is 11.0 Å². The van der Waals surface area contributed by atoms with Gasteiger partial charge in [0.1, 0.15) is 17.1 Å². The number of hydrogen-bond acceptors (Lipinski definition) is 5. The lowest BCUT2D eigenvalue weighted by Gasteiger charge is -2.44. The smallest absolute Gasteiger partial charge is 0.410 e. The second-order valence-corrected chi connectivity index (χ2v) is 19.3. The number of nitrogens with one attached hydrogen (secondary N) is 1. The van der Waals surface area contributed by atoms with Gasteiger partial charge < -0.3 is 23.9 Å². The molecule has 1 amide bonds. The number of halogens is 1. The normalized spacial score (nSPS) is 15.2. The summed E-state index contributed by atoms with van der Waals surface area (Å²) in [7, 11) is -0.679. The number of ether oxygens (including phenoxy) is 2. The summed E-state index contributed by atoms with van der Waals surface area (Å²) < 4.78 is 27.7. The predicted molar refractivity (Wildman–Crippen MR) is 172 cm³/mol. The van der Waals surface area contributed by atoms with E-state index in [0.717, 1.165) is 23.9 Å². The van der Waals surface area contributed by atoms with Gasteiger partial charge in [-0.05, 0) is 86.0 Å². The van der Waals surface area contributed by atoms with E-state index >= 15 is 0 Å². The number of nitrogens with zero attached hydrogens (tertiary/aromatic N) is 3. The third-order valence-electron chi connectivity index (χ3n) is 8.89. The first-order chi connectivity index (χ1) is 19.7. The number of carbonyl (C=O) groups excluding carboxylic acids is 1. The van der Waals surface area contributed by atoms with Crippen molar-refractivity contribution in [3.63, 3.8) is 0 Å². The van der Waals surface area contributed by atoms with E-state index in [1.54, 1.807) is 12.1 Å². The number of benzene rings is 1. The van der Waals surface area contributed by atoms with Crippen LogP contribution in [-0.2, 0) is 4.74 Å². The van der Waals surface area contributed by atoms with Crippen LogP contribution in [0, 0.1) is 5.82 Å². The van der Waals surface area contributed by atoms with Gasteiger partial charge >= 0.3 is 6.09 Å². The van der Waals surface area contributed by atoms with Crippen molar-refractivity contribution in [2.24, 2.45) is 0 Å². The molecule has 7 nitrogen and oxygen atoms in total. The van der Waals surface area contributed by atoms with E-state index < -0.39 is 19.7 Å². The van der Waals surface area contributed by atoms with Crippen LogP contribution < -0.4 is 10.1 Å². The predicted octanol–water partition coefficient (Wildman–Crippen LogP) is 9.07. The largest absolute Gasteiger partial charge is 0.494 e. The second kappa shape index (κ2) is 12.3. The van der Waals surface area contributed by atoms with Gasteiger partial charge in [-0.15, -0.1) is 0 Å². The van der Waals surface area contributed by atoms with E-state index in [4.69, 9.17) is 14.5 Å². The van der Waals surface area contributed by atoms with Gasteiger partial charge in [-0.2, -0.15) is 0 Å². The van der Waals surface area contributed by atoms with Crippen molar-refractivity contribution in [1.29, 1.82) is 0 Å². The van der Waals surface area contributed by atoms with Crippen molar-refractivity contribution < 1.29 is 18.7 Å². The van der Waals surface area contributed by atoms with Crippen LogP contribution in [0.15, 0.2) is 36.5 Å². The summed E-state index contributed by atoms with van der Waals surface area (Å²) in [4.78, 5) is 19.8. The zero-order valence-electron chi connectivity index (χ0n) is 27.0. The van der Waals surface area contributed by atoms with Crippen LogP contribution in [0.1, 0.15) is 86.6 Å². The number of amides is 1. The highest BCUT2D eigenvalue weighted by Crippen LogP contribution is 2.46. The molecule has 0 radical (unpaired) electrons. The summed E-state index contributed by atoms with van der Waals surface area (Å²) in [6, 6.07) is 9.00. The Hall–Kier alpha value is -3.07. The molecule has 42 heavy (non-hydrogen) atoms. The molecule has 0 spiro atoms. The maximum atomic E-state index is 14.4. The highest BCUT2D eigenvalue weighted by Gasteiger charge is 2.46. The monoisotopic (exact) mass is 596 g/mol. The first-order valence-electron chi connectivity index (χ1n) is 15.3. The van der Waals surface area contributed by atoms with Crippen molar-refractivity contribution >= 4 is 36.9 Å². The van der Waals surface area contributed by atoms with Crippen molar-refractivity contribution in [2.75, 3.05) is 25.5 Å². The number of fused-ring (bicyclic) bond motifs is 1. The minimum absolute atomic E-state index is 0.210. The van der Waals surface area contributed by atoms with Crippen molar-refractivity contribution in [3.8, 4) is 5.75 Å². The molecular weight excluding hydrogens is 547 g/mol. The van der Waals surface area contributed by atoms with Gasteiger partial charge in [-0.1, -0.05) is 41.5 Å². The Morgan fingerprint density at radius 3 is 2.17 bits per heavy atom. The quantitative estimate of drug-likeness (QED) is 0.263. The third kappa shape index (κ3) is 6.17. The topological polar surface area (TPSA) is 68.6 Å². The Kier molecular flexibility index (Phi) is 9.30. The molecule has 0 aliphatic carbocycles. The van der Waals surface area contributed by atoms with Crippen molar-refractivity contribution in [1.82, 2.24) is 14.1 Å². The molecule has 1 aliphatic rings. The number of aromatic nitrogens is 2. The van der Waals surface area contributed by atoms with Crippen molar-refractivity contribution in [2.45, 2.75) is 103 Å². The summed E-state index contributed by atoms with van der Waals surface area (Å²) in [5.41, 5.74) is 3.88. The van der Waals surface area contributed by atoms with E-state index in [1.165, 1.54) is 18.7 Å². The first kappa shape index (κ1) is 31.9. The second-order valence-electron chi connectivity index (χ2n) is 13.6. The zero-order valence-corrected chi connectivity index (χ0v) is 28.0. The lowest BCUT2D eigenvalue weighted by molar-refractivity contribution is 0.0205. The molecule has 4 rings (SSSR count). The molecule has 0 unspecified atom stereocenters. The number of rotatable bonds is 8. The van der Waals surface area contributed by atoms with E-state index in [1.807, 2.05) is 31.7 Å². The van der Waals surface area contributed by atoms with E-state index in [9.17, 15) is 9.18 Å². The maximum absolute atomic E-state index is 14.4. The molecule has 9 heteroatoms. The number of carbonyl (C=O) groups is 1. The average Bonchev–Trinajstić information content (AvgIpc) is 3.26. The minimum atomic E-state index is -2.14. The molecule has 2 aromatic heterocycles. The highest BCUT2D eigenvalue weighted by molar-refractivity contribution is 6.82.